The molecule has 0 bridgehead atoms. The van der Waals surface area contributed by atoms with E-state index in [0.717, 1.165) is 22.9 Å². The van der Waals surface area contributed by atoms with Gasteiger partial charge in [-0.05, 0) is 75.8 Å². The Morgan fingerprint density at radius 3 is 2.47 bits per heavy atom. The van der Waals surface area contributed by atoms with Gasteiger partial charge in [-0.25, -0.2) is 0 Å². The Morgan fingerprint density at radius 1 is 1.06 bits per heavy atom. The first-order valence-corrected chi connectivity index (χ1v) is 12.3. The van der Waals surface area contributed by atoms with Crippen LogP contribution in [-0.2, 0) is 17.8 Å². The monoisotopic (exact) mass is 582 g/mol. The normalized spacial score (nSPS) is 10.9. The molecule has 3 aromatic rings. The first-order valence-electron chi connectivity index (χ1n) is 10.7. The van der Waals surface area contributed by atoms with Gasteiger partial charge < -0.3 is 14.8 Å². The molecule has 174 valence electrons. The van der Waals surface area contributed by atoms with Crippen LogP contribution in [0.2, 0.25) is 0 Å². The zero-order chi connectivity index (χ0) is 24.3. The third kappa shape index (κ3) is 7.47. The highest BCUT2D eigenvalue weighted by Gasteiger charge is 2.14. The molecule has 1 amide bonds. The fourth-order valence-electron chi connectivity index (χ4n) is 3.25. The van der Waals surface area contributed by atoms with Crippen molar-refractivity contribution in [2.24, 2.45) is 0 Å². The second kappa shape index (κ2) is 13.0. The highest BCUT2D eigenvalue weighted by atomic mass is 79.9. The average molecular weight is 584 g/mol. The third-order valence-electron chi connectivity index (χ3n) is 4.99. The Morgan fingerprint density at radius 2 is 1.79 bits per heavy atom. The quantitative estimate of drug-likeness (QED) is 0.169. The number of benzene rings is 3. The van der Waals surface area contributed by atoms with Gasteiger partial charge in [0.15, 0.2) is 11.5 Å². The van der Waals surface area contributed by atoms with Crippen molar-refractivity contribution >= 4 is 43.8 Å². The number of nitrogens with zero attached hydrogens (tertiary/aromatic N) is 1. The molecule has 34 heavy (non-hydrogen) atoms. The van der Waals surface area contributed by atoms with Crippen LogP contribution in [-0.4, -0.2) is 19.6 Å². The van der Waals surface area contributed by atoms with Crippen molar-refractivity contribution in [3.63, 3.8) is 0 Å². The molecule has 0 fully saturated rings. The minimum absolute atomic E-state index is 0.0252. The smallest absolute Gasteiger partial charge is 0.261 e. The van der Waals surface area contributed by atoms with Crippen LogP contribution in [0, 0.1) is 11.3 Å². The number of rotatable bonds is 10. The molecule has 3 aromatic carbocycles. The van der Waals surface area contributed by atoms with Gasteiger partial charge in [0.1, 0.15) is 18.2 Å². The lowest BCUT2D eigenvalue weighted by Gasteiger charge is -2.14. The number of hydrogen-bond acceptors (Lipinski definition) is 4. The number of amides is 1. The Labute approximate surface area is 216 Å². The summed E-state index contributed by atoms with van der Waals surface area (Å²) in [6.45, 7) is 0.856. The topological polar surface area (TPSA) is 71.3 Å². The van der Waals surface area contributed by atoms with Crippen LogP contribution in [0.25, 0.3) is 6.08 Å². The van der Waals surface area contributed by atoms with Crippen molar-refractivity contribution in [2.75, 3.05) is 13.7 Å². The van der Waals surface area contributed by atoms with Crippen LogP contribution in [0.3, 0.4) is 0 Å². The first-order chi connectivity index (χ1) is 16.5. The van der Waals surface area contributed by atoms with Crippen molar-refractivity contribution in [3.05, 3.63) is 97.9 Å². The van der Waals surface area contributed by atoms with E-state index >= 15 is 0 Å². The molecule has 0 unspecified atom stereocenters. The maximum atomic E-state index is 12.5. The van der Waals surface area contributed by atoms with Gasteiger partial charge in [0, 0.05) is 11.0 Å². The Balaban J connectivity index is 1.65. The number of carbonyl (C=O) groups is 1. The molecular formula is C27H24Br2N2O3. The number of methoxy groups -OCH3 is 1. The lowest BCUT2D eigenvalue weighted by atomic mass is 10.1. The van der Waals surface area contributed by atoms with Crippen molar-refractivity contribution in [3.8, 4) is 17.6 Å². The number of nitrogens with one attached hydrogen (secondary N) is 1. The number of carbonyl (C=O) groups excluding carboxylic acids is 1. The SMILES string of the molecule is COc1cc(/C=C(/C#N)C(=O)NCCCc2ccccc2)cc(Br)c1OCc1ccc(Br)cc1. The largest absolute Gasteiger partial charge is 0.493 e. The lowest BCUT2D eigenvalue weighted by Crippen LogP contribution is -2.25. The predicted molar refractivity (Wildman–Crippen MR) is 141 cm³/mol. The number of nitriles is 1. The van der Waals surface area contributed by atoms with Gasteiger partial charge in [-0.2, -0.15) is 5.26 Å². The Hall–Kier alpha value is -3.08. The highest BCUT2D eigenvalue weighted by Crippen LogP contribution is 2.37. The molecular weight excluding hydrogens is 560 g/mol. The second-order valence-corrected chi connectivity index (χ2v) is 9.23. The first kappa shape index (κ1) is 25.5. The molecule has 0 saturated heterocycles. The molecule has 3 rings (SSSR count). The summed E-state index contributed by atoms with van der Waals surface area (Å²) < 4.78 is 13.1. The zero-order valence-electron chi connectivity index (χ0n) is 18.7. The summed E-state index contributed by atoms with van der Waals surface area (Å²) in [5.41, 5.74) is 2.90. The molecule has 0 spiro atoms. The summed E-state index contributed by atoms with van der Waals surface area (Å²) in [7, 11) is 1.55. The highest BCUT2D eigenvalue weighted by molar-refractivity contribution is 9.10. The summed E-state index contributed by atoms with van der Waals surface area (Å²) in [5.74, 6) is 0.644. The van der Waals surface area contributed by atoms with E-state index in [1.54, 1.807) is 19.2 Å². The Bertz CT molecular complexity index is 1190. The summed E-state index contributed by atoms with van der Waals surface area (Å²) in [6.07, 6.45) is 3.19. The predicted octanol–water partition coefficient (Wildman–Crippen LogP) is 6.46. The molecule has 0 aromatic heterocycles. The van der Waals surface area contributed by atoms with E-state index < -0.39 is 5.91 Å². The number of hydrogen-bond donors (Lipinski definition) is 1. The van der Waals surface area contributed by atoms with Crippen LogP contribution in [0.15, 0.2) is 81.2 Å². The summed E-state index contributed by atoms with van der Waals surface area (Å²) >= 11 is 6.94. The van der Waals surface area contributed by atoms with Gasteiger partial charge in [0.05, 0.1) is 11.6 Å². The maximum absolute atomic E-state index is 12.5. The number of aryl methyl sites for hydroxylation is 1. The standard InChI is InChI=1S/C27H24Br2N2O3/c1-33-25-16-21(15-24(29)26(25)34-18-20-9-11-23(28)12-10-20)14-22(17-30)27(32)31-13-5-8-19-6-3-2-4-7-19/h2-4,6-7,9-12,14-16H,5,8,13,18H2,1H3,(H,31,32)/b22-14-. The molecule has 0 aliphatic rings. The van der Waals surface area contributed by atoms with Crippen molar-refractivity contribution in [1.29, 1.82) is 5.26 Å². The number of ether oxygens (including phenoxy) is 2. The average Bonchev–Trinajstić information content (AvgIpc) is 2.85. The van der Waals surface area contributed by atoms with Crippen molar-refractivity contribution in [1.82, 2.24) is 5.32 Å². The zero-order valence-corrected chi connectivity index (χ0v) is 21.9. The minimum Gasteiger partial charge on any atom is -0.493 e. The van der Waals surface area contributed by atoms with Gasteiger partial charge in [-0.1, -0.05) is 58.4 Å². The van der Waals surface area contributed by atoms with Gasteiger partial charge in [0.2, 0.25) is 0 Å². The summed E-state index contributed by atoms with van der Waals surface area (Å²) in [4.78, 5) is 12.5. The van der Waals surface area contributed by atoms with E-state index in [2.05, 4.69) is 49.3 Å². The molecule has 0 heterocycles. The van der Waals surface area contributed by atoms with Crippen LogP contribution in [0.5, 0.6) is 11.5 Å². The molecule has 0 aliphatic carbocycles. The second-order valence-electron chi connectivity index (χ2n) is 7.46. The minimum atomic E-state index is -0.402. The maximum Gasteiger partial charge on any atom is 0.261 e. The van der Waals surface area contributed by atoms with E-state index in [1.165, 1.54) is 11.6 Å². The van der Waals surface area contributed by atoms with Gasteiger partial charge >= 0.3 is 0 Å². The van der Waals surface area contributed by atoms with E-state index in [-0.39, 0.29) is 5.57 Å². The third-order valence-corrected chi connectivity index (χ3v) is 6.11. The molecule has 7 heteroatoms. The van der Waals surface area contributed by atoms with Crippen molar-refractivity contribution < 1.29 is 14.3 Å². The fourth-order valence-corrected chi connectivity index (χ4v) is 4.09. The van der Waals surface area contributed by atoms with Gasteiger partial charge in [-0.15, -0.1) is 0 Å². The molecule has 5 nitrogen and oxygen atoms in total. The van der Waals surface area contributed by atoms with E-state index in [9.17, 15) is 10.1 Å². The molecule has 1 N–H and O–H groups in total. The van der Waals surface area contributed by atoms with Crippen LogP contribution in [0.4, 0.5) is 0 Å². The lowest BCUT2D eigenvalue weighted by molar-refractivity contribution is -0.117. The molecule has 0 radical (unpaired) electrons. The van der Waals surface area contributed by atoms with Crippen molar-refractivity contribution in [2.45, 2.75) is 19.4 Å². The Kier molecular flexibility index (Phi) is 9.75. The number of halogens is 2. The van der Waals surface area contributed by atoms with Gasteiger partial charge in [-0.3, -0.25) is 4.79 Å². The van der Waals surface area contributed by atoms with Gasteiger partial charge in [0.25, 0.3) is 5.91 Å². The van der Waals surface area contributed by atoms with E-state index in [1.807, 2.05) is 48.5 Å². The van der Waals surface area contributed by atoms with E-state index in [4.69, 9.17) is 9.47 Å². The summed E-state index contributed by atoms with van der Waals surface area (Å²) in [5, 5.41) is 12.3. The van der Waals surface area contributed by atoms with Crippen LogP contribution >= 0.6 is 31.9 Å². The summed E-state index contributed by atoms with van der Waals surface area (Å²) in [6, 6.07) is 23.4. The fraction of sp³-hybridized carbons (Fsp3) is 0.185. The molecule has 0 aliphatic heterocycles. The molecule has 0 saturated carbocycles. The molecule has 0 atom stereocenters. The van der Waals surface area contributed by atoms with Crippen LogP contribution in [0.1, 0.15) is 23.1 Å². The van der Waals surface area contributed by atoms with E-state index in [0.29, 0.717) is 34.7 Å². The van der Waals surface area contributed by atoms with Crippen LogP contribution < -0.4 is 14.8 Å².